The molecule has 0 radical (unpaired) electrons. The zero-order valence-corrected chi connectivity index (χ0v) is 13.4. The van der Waals surface area contributed by atoms with E-state index in [4.69, 9.17) is 23.2 Å². The van der Waals surface area contributed by atoms with E-state index in [1.54, 1.807) is 12.1 Å². The number of amides is 1. The van der Waals surface area contributed by atoms with Crippen LogP contribution in [0.2, 0.25) is 10.0 Å². The number of hydrogen-bond acceptors (Lipinski definition) is 3. The van der Waals surface area contributed by atoms with Crippen LogP contribution in [0, 0.1) is 0 Å². The molecule has 4 nitrogen and oxygen atoms in total. The van der Waals surface area contributed by atoms with Gasteiger partial charge in [0.05, 0.1) is 6.54 Å². The van der Waals surface area contributed by atoms with Gasteiger partial charge in [0, 0.05) is 29.7 Å². The highest BCUT2D eigenvalue weighted by Crippen LogP contribution is 2.20. The average molecular weight is 318 g/mol. The van der Waals surface area contributed by atoms with Gasteiger partial charge in [0.2, 0.25) is 5.91 Å². The molecule has 0 fully saturated rings. The standard InChI is InChI=1S/C14H21Cl2N3O/c1-19(2)8-7-17-10-14(20)18-6-5-11-3-4-12(15)9-13(11)16/h3-4,9,17H,5-8,10H2,1-2H3,(H,18,20). The summed E-state index contributed by atoms with van der Waals surface area (Å²) in [5, 5.41) is 7.19. The van der Waals surface area contributed by atoms with Gasteiger partial charge in [-0.2, -0.15) is 0 Å². The van der Waals surface area contributed by atoms with Crippen molar-refractivity contribution in [3.05, 3.63) is 33.8 Å². The van der Waals surface area contributed by atoms with Crippen molar-refractivity contribution >= 4 is 29.1 Å². The normalized spacial score (nSPS) is 10.8. The summed E-state index contributed by atoms with van der Waals surface area (Å²) in [6.45, 7) is 2.61. The molecule has 1 rings (SSSR count). The highest BCUT2D eigenvalue weighted by atomic mass is 35.5. The zero-order valence-electron chi connectivity index (χ0n) is 11.9. The maximum absolute atomic E-state index is 11.6. The molecule has 1 aromatic rings. The minimum Gasteiger partial charge on any atom is -0.355 e. The zero-order chi connectivity index (χ0) is 15.0. The molecule has 2 N–H and O–H groups in total. The van der Waals surface area contributed by atoms with Crippen molar-refractivity contribution in [2.45, 2.75) is 6.42 Å². The van der Waals surface area contributed by atoms with Gasteiger partial charge in [0.15, 0.2) is 0 Å². The molecule has 0 spiro atoms. The van der Waals surface area contributed by atoms with Crippen molar-refractivity contribution in [3.63, 3.8) is 0 Å². The highest BCUT2D eigenvalue weighted by molar-refractivity contribution is 6.35. The Morgan fingerprint density at radius 1 is 1.25 bits per heavy atom. The Morgan fingerprint density at radius 3 is 2.65 bits per heavy atom. The summed E-state index contributed by atoms with van der Waals surface area (Å²) in [5.74, 6) is -0.00570. The topological polar surface area (TPSA) is 44.4 Å². The van der Waals surface area contributed by atoms with E-state index in [-0.39, 0.29) is 5.91 Å². The van der Waals surface area contributed by atoms with E-state index < -0.39 is 0 Å². The molecule has 0 aliphatic heterocycles. The van der Waals surface area contributed by atoms with Crippen LogP contribution in [0.3, 0.4) is 0 Å². The number of rotatable bonds is 8. The minimum absolute atomic E-state index is 0.00570. The monoisotopic (exact) mass is 317 g/mol. The van der Waals surface area contributed by atoms with Gasteiger partial charge in [0.25, 0.3) is 0 Å². The second kappa shape index (κ2) is 9.19. The lowest BCUT2D eigenvalue weighted by Crippen LogP contribution is -2.37. The summed E-state index contributed by atoms with van der Waals surface area (Å²) in [6.07, 6.45) is 0.694. The van der Waals surface area contributed by atoms with Crippen LogP contribution in [0.5, 0.6) is 0 Å². The van der Waals surface area contributed by atoms with Gasteiger partial charge in [-0.1, -0.05) is 29.3 Å². The average Bonchev–Trinajstić information content (AvgIpc) is 2.37. The number of benzene rings is 1. The number of hydrogen-bond donors (Lipinski definition) is 2. The Hall–Kier alpha value is -0.810. The van der Waals surface area contributed by atoms with Crippen molar-refractivity contribution in [1.82, 2.24) is 15.5 Å². The third-order valence-corrected chi connectivity index (χ3v) is 3.34. The van der Waals surface area contributed by atoms with Crippen molar-refractivity contribution in [1.29, 1.82) is 0 Å². The van der Waals surface area contributed by atoms with Crippen LogP contribution in [-0.4, -0.2) is 51.1 Å². The second-order valence-electron chi connectivity index (χ2n) is 4.82. The molecule has 0 heterocycles. The molecular weight excluding hydrogens is 297 g/mol. The number of likely N-dealkylation sites (N-methyl/N-ethyl adjacent to an activating group) is 1. The first-order valence-electron chi connectivity index (χ1n) is 6.55. The van der Waals surface area contributed by atoms with E-state index in [1.807, 2.05) is 20.2 Å². The van der Waals surface area contributed by atoms with Crippen molar-refractivity contribution in [3.8, 4) is 0 Å². The van der Waals surface area contributed by atoms with Crippen LogP contribution in [-0.2, 0) is 11.2 Å². The molecule has 0 unspecified atom stereocenters. The summed E-state index contributed by atoms with van der Waals surface area (Å²) < 4.78 is 0. The van der Waals surface area contributed by atoms with Gasteiger partial charge in [-0.05, 0) is 38.2 Å². The lowest BCUT2D eigenvalue weighted by Gasteiger charge is -2.10. The van der Waals surface area contributed by atoms with Crippen LogP contribution >= 0.6 is 23.2 Å². The second-order valence-corrected chi connectivity index (χ2v) is 5.66. The SMILES string of the molecule is CN(C)CCNCC(=O)NCCc1ccc(Cl)cc1Cl. The fraction of sp³-hybridized carbons (Fsp3) is 0.500. The largest absolute Gasteiger partial charge is 0.355 e. The molecule has 0 saturated heterocycles. The lowest BCUT2D eigenvalue weighted by molar-refractivity contribution is -0.120. The fourth-order valence-electron chi connectivity index (χ4n) is 1.63. The van der Waals surface area contributed by atoms with Crippen LogP contribution < -0.4 is 10.6 Å². The number of nitrogens with zero attached hydrogens (tertiary/aromatic N) is 1. The Balaban J connectivity index is 2.18. The minimum atomic E-state index is -0.00570. The molecule has 1 amide bonds. The van der Waals surface area contributed by atoms with Crippen molar-refractivity contribution < 1.29 is 4.79 Å². The Morgan fingerprint density at radius 2 is 2.00 bits per heavy atom. The van der Waals surface area contributed by atoms with Crippen molar-refractivity contribution in [2.24, 2.45) is 0 Å². The Bertz CT molecular complexity index is 438. The summed E-state index contributed by atoms with van der Waals surface area (Å²) >= 11 is 11.9. The summed E-state index contributed by atoms with van der Waals surface area (Å²) in [4.78, 5) is 13.6. The first-order chi connectivity index (χ1) is 9.49. The molecule has 1 aromatic carbocycles. The number of carbonyl (C=O) groups is 1. The van der Waals surface area contributed by atoms with Crippen molar-refractivity contribution in [2.75, 3.05) is 40.3 Å². The summed E-state index contributed by atoms with van der Waals surface area (Å²) in [7, 11) is 4.00. The third-order valence-electron chi connectivity index (χ3n) is 2.75. The van der Waals surface area contributed by atoms with Gasteiger partial charge < -0.3 is 15.5 Å². The molecular formula is C14H21Cl2N3O. The molecule has 0 atom stereocenters. The number of carbonyl (C=O) groups excluding carboxylic acids is 1. The van der Waals surface area contributed by atoms with E-state index in [0.717, 1.165) is 18.7 Å². The molecule has 0 saturated carbocycles. The molecule has 0 bridgehead atoms. The highest BCUT2D eigenvalue weighted by Gasteiger charge is 2.03. The predicted octanol–water partition coefficient (Wildman–Crippen LogP) is 1.80. The Labute approximate surface area is 130 Å². The van der Waals surface area contributed by atoms with E-state index in [1.165, 1.54) is 0 Å². The maximum Gasteiger partial charge on any atom is 0.233 e. The van der Waals surface area contributed by atoms with Crippen LogP contribution in [0.15, 0.2) is 18.2 Å². The molecule has 0 aliphatic rings. The third kappa shape index (κ3) is 7.10. The number of halogens is 2. The van der Waals surface area contributed by atoms with E-state index in [9.17, 15) is 4.79 Å². The van der Waals surface area contributed by atoms with Gasteiger partial charge in [-0.15, -0.1) is 0 Å². The maximum atomic E-state index is 11.6. The molecule has 20 heavy (non-hydrogen) atoms. The first-order valence-corrected chi connectivity index (χ1v) is 7.30. The smallest absolute Gasteiger partial charge is 0.233 e. The number of nitrogens with one attached hydrogen (secondary N) is 2. The fourth-order valence-corrected chi connectivity index (χ4v) is 2.13. The molecule has 0 aliphatic carbocycles. The molecule has 6 heteroatoms. The van der Waals surface area contributed by atoms with Crippen LogP contribution in [0.1, 0.15) is 5.56 Å². The van der Waals surface area contributed by atoms with Crippen LogP contribution in [0.25, 0.3) is 0 Å². The lowest BCUT2D eigenvalue weighted by atomic mass is 10.1. The van der Waals surface area contributed by atoms with E-state index in [0.29, 0.717) is 29.6 Å². The van der Waals surface area contributed by atoms with Gasteiger partial charge in [0.1, 0.15) is 0 Å². The van der Waals surface area contributed by atoms with Gasteiger partial charge in [-0.3, -0.25) is 4.79 Å². The Kier molecular flexibility index (Phi) is 7.92. The predicted molar refractivity (Wildman–Crippen MR) is 84.6 cm³/mol. The van der Waals surface area contributed by atoms with E-state index in [2.05, 4.69) is 15.5 Å². The molecule has 0 aromatic heterocycles. The summed E-state index contributed by atoms with van der Waals surface area (Å²) in [6, 6.07) is 5.39. The van der Waals surface area contributed by atoms with Gasteiger partial charge >= 0.3 is 0 Å². The van der Waals surface area contributed by atoms with Gasteiger partial charge in [-0.25, -0.2) is 0 Å². The first kappa shape index (κ1) is 17.2. The van der Waals surface area contributed by atoms with E-state index >= 15 is 0 Å². The summed E-state index contributed by atoms with van der Waals surface area (Å²) in [5.41, 5.74) is 0.983. The molecule has 112 valence electrons. The quantitative estimate of drug-likeness (QED) is 0.719. The van der Waals surface area contributed by atoms with Crippen LogP contribution in [0.4, 0.5) is 0 Å².